The molecule has 0 radical (unpaired) electrons. The summed E-state index contributed by atoms with van der Waals surface area (Å²) in [7, 11) is -8.59. The fourth-order valence-electron chi connectivity index (χ4n) is 10.2. The van der Waals surface area contributed by atoms with Crippen LogP contribution in [0.4, 0.5) is 13.2 Å². The van der Waals surface area contributed by atoms with Gasteiger partial charge in [0.2, 0.25) is 19.7 Å². The van der Waals surface area contributed by atoms with Gasteiger partial charge in [-0.2, -0.15) is 13.2 Å². The molecule has 0 amide bonds. The van der Waals surface area contributed by atoms with Crippen molar-refractivity contribution in [2.75, 3.05) is 0 Å². The summed E-state index contributed by atoms with van der Waals surface area (Å²) in [6.07, 6.45) is -8.01. The number of halogens is 3. The Balaban J connectivity index is 1.17. The van der Waals surface area contributed by atoms with Crippen molar-refractivity contribution >= 4 is 66.7 Å². The van der Waals surface area contributed by atoms with Gasteiger partial charge in [-0.25, -0.2) is 26.4 Å². The van der Waals surface area contributed by atoms with Crippen LogP contribution in [0, 0.1) is 30.6 Å². The van der Waals surface area contributed by atoms with Crippen LogP contribution in [-0.4, -0.2) is 90.4 Å². The monoisotopic (exact) mass is 1140 g/mol. The number of ketones is 4. The standard InChI is InChI=1S/C59H51F3O16S2/c1-4-50(63)46-30-47(49(57(73)74)31-48(46)56(71)72)53(66)27-35-12-8-16-41(24-35)80(77,78)40-15-7-11-34(23-40)26-52(65)45-29-37(18-20-43(45)55(69)70)58(3,59(60,61)62)36-17-19-42(54(67)68)44(28-36)51(64)25-33-10-6-14-39(22-33)79(75,76)38-13-5-9-32(2)21-38/h5-24,28-29,46-49H,4,25-27,30-31H2,1-3H3,(H,67,68)(H,69,70)(H,71,72)(H,73,74). The molecule has 0 heterocycles. The van der Waals surface area contributed by atoms with Crippen LogP contribution in [0.25, 0.3) is 0 Å². The molecular weight excluding hydrogens is 1090 g/mol. The normalized spacial score (nSPS) is 17.4. The van der Waals surface area contributed by atoms with Gasteiger partial charge in [-0.15, -0.1) is 0 Å². The Labute approximate surface area is 456 Å². The van der Waals surface area contributed by atoms with Crippen molar-refractivity contribution in [2.24, 2.45) is 23.7 Å². The van der Waals surface area contributed by atoms with Crippen molar-refractivity contribution in [3.8, 4) is 0 Å². The number of carboxylic acid groups (broad SMARTS) is 4. The maximum atomic E-state index is 15.7. The molecule has 0 bridgehead atoms. The number of carbonyl (C=O) groups is 8. The number of benzene rings is 6. The van der Waals surface area contributed by atoms with Gasteiger partial charge in [0.15, 0.2) is 11.6 Å². The van der Waals surface area contributed by atoms with Crippen molar-refractivity contribution in [3.05, 3.63) is 189 Å². The summed E-state index contributed by atoms with van der Waals surface area (Å²) in [6.45, 7) is 3.89. The van der Waals surface area contributed by atoms with Gasteiger partial charge in [-0.05, 0) is 133 Å². The highest BCUT2D eigenvalue weighted by molar-refractivity contribution is 7.91. The summed E-state index contributed by atoms with van der Waals surface area (Å²) in [5.74, 6) is -14.5. The molecule has 0 saturated heterocycles. The summed E-state index contributed by atoms with van der Waals surface area (Å²) in [5, 5.41) is 40.0. The lowest BCUT2D eigenvalue weighted by molar-refractivity contribution is -0.173. The highest BCUT2D eigenvalue weighted by Gasteiger charge is 2.54. The first-order chi connectivity index (χ1) is 37.5. The largest absolute Gasteiger partial charge is 0.481 e. The van der Waals surface area contributed by atoms with Gasteiger partial charge in [0.25, 0.3) is 0 Å². The number of hydrogen-bond donors (Lipinski definition) is 4. The van der Waals surface area contributed by atoms with Crippen LogP contribution in [-0.2, 0) is 63.5 Å². The zero-order valence-corrected chi connectivity index (χ0v) is 44.5. The zero-order valence-electron chi connectivity index (χ0n) is 42.9. The molecule has 1 fully saturated rings. The first-order valence-electron chi connectivity index (χ1n) is 24.7. The molecule has 4 N–H and O–H groups in total. The predicted molar refractivity (Wildman–Crippen MR) is 279 cm³/mol. The average Bonchev–Trinajstić information content (AvgIpc) is 3.42. The van der Waals surface area contributed by atoms with Crippen molar-refractivity contribution in [3.63, 3.8) is 0 Å². The third-order valence-electron chi connectivity index (χ3n) is 14.7. The van der Waals surface area contributed by atoms with Crippen LogP contribution in [0.2, 0.25) is 0 Å². The van der Waals surface area contributed by atoms with E-state index in [1.54, 1.807) is 19.1 Å². The molecule has 0 aromatic heterocycles. The lowest BCUT2D eigenvalue weighted by Gasteiger charge is -2.36. The zero-order chi connectivity index (χ0) is 58.8. The van der Waals surface area contributed by atoms with E-state index in [2.05, 4.69) is 0 Å². The highest BCUT2D eigenvalue weighted by Crippen LogP contribution is 2.47. The molecule has 0 aliphatic heterocycles. The van der Waals surface area contributed by atoms with E-state index in [0.717, 1.165) is 42.5 Å². The molecular formula is C59H51F3O16S2. The second-order valence-electron chi connectivity index (χ2n) is 19.8. The number of hydrogen-bond acceptors (Lipinski definition) is 12. The third kappa shape index (κ3) is 12.1. The van der Waals surface area contributed by atoms with E-state index in [-0.39, 0.29) is 44.2 Å². The van der Waals surface area contributed by atoms with E-state index in [1.165, 1.54) is 79.7 Å². The third-order valence-corrected chi connectivity index (χ3v) is 18.2. The lowest BCUT2D eigenvalue weighted by Crippen LogP contribution is -2.45. The van der Waals surface area contributed by atoms with E-state index in [1.807, 2.05) is 0 Å². The predicted octanol–water partition coefficient (Wildman–Crippen LogP) is 9.29. The van der Waals surface area contributed by atoms with Crippen LogP contribution in [0.5, 0.6) is 0 Å². The number of aliphatic carboxylic acids is 2. The Morgan fingerprint density at radius 3 is 1.20 bits per heavy atom. The summed E-state index contributed by atoms with van der Waals surface area (Å²) in [6, 6.07) is 25.8. The number of rotatable bonds is 21. The SMILES string of the molecule is CCC(=O)C1CC(C(=O)Cc2cccc(S(=O)(=O)c3cccc(CC(=O)c4cc(C(C)(c5ccc(C(=O)O)c(C(=O)Cc6cccc(S(=O)(=O)c7cccc(C)c7)c6)c5)C(F)(F)F)ccc4C(=O)O)c3)c2)C(C(=O)O)CC1C(=O)O. The summed E-state index contributed by atoms with van der Waals surface area (Å²) >= 11 is 0. The molecule has 1 saturated carbocycles. The first kappa shape index (κ1) is 59.2. The van der Waals surface area contributed by atoms with Crippen LogP contribution < -0.4 is 0 Å². The van der Waals surface area contributed by atoms with Gasteiger partial charge in [0.1, 0.15) is 17.0 Å². The number of carboxylic acids is 4. The molecule has 16 nitrogen and oxygen atoms in total. The molecule has 416 valence electrons. The van der Waals surface area contributed by atoms with E-state index in [4.69, 9.17) is 0 Å². The second-order valence-corrected chi connectivity index (χ2v) is 23.7. The molecule has 5 unspecified atom stereocenters. The Kier molecular flexibility index (Phi) is 17.1. The van der Waals surface area contributed by atoms with Gasteiger partial charge in [-0.1, -0.05) is 67.6 Å². The number of sulfone groups is 2. The smallest absolute Gasteiger partial charge is 0.402 e. The molecule has 0 spiro atoms. The van der Waals surface area contributed by atoms with Crippen LogP contribution >= 0.6 is 0 Å². The second kappa shape index (κ2) is 23.1. The van der Waals surface area contributed by atoms with E-state index >= 15 is 13.2 Å². The minimum absolute atomic E-state index is 0.0266. The Bertz CT molecular complexity index is 3770. The minimum Gasteiger partial charge on any atom is -0.481 e. The molecule has 1 aliphatic carbocycles. The van der Waals surface area contributed by atoms with Crippen molar-refractivity contribution in [2.45, 2.75) is 90.5 Å². The Morgan fingerprint density at radius 1 is 0.475 bits per heavy atom. The summed E-state index contributed by atoms with van der Waals surface area (Å²) < 4.78 is 102. The van der Waals surface area contributed by atoms with E-state index < -0.39 is 166 Å². The molecule has 21 heteroatoms. The molecule has 80 heavy (non-hydrogen) atoms. The van der Waals surface area contributed by atoms with Gasteiger partial charge < -0.3 is 20.4 Å². The quantitative estimate of drug-likeness (QED) is 0.0488. The fourth-order valence-corrected chi connectivity index (χ4v) is 13.0. The molecule has 1 aliphatic rings. The number of alkyl halides is 3. The first-order valence-corrected chi connectivity index (χ1v) is 27.7. The Morgan fingerprint density at radius 2 is 0.838 bits per heavy atom. The van der Waals surface area contributed by atoms with Crippen molar-refractivity contribution < 1.29 is 88.8 Å². The number of carbonyl (C=O) groups excluding carboxylic acids is 4. The van der Waals surface area contributed by atoms with Gasteiger partial charge >= 0.3 is 30.1 Å². The Hall–Kier alpha value is -8.43. The molecule has 6 aromatic carbocycles. The van der Waals surface area contributed by atoms with Crippen LogP contribution in [0.1, 0.15) is 108 Å². The average molecular weight is 1140 g/mol. The maximum absolute atomic E-state index is 15.7. The number of aromatic carboxylic acids is 2. The summed E-state index contributed by atoms with van der Waals surface area (Å²) in [4.78, 5) is 103. The van der Waals surface area contributed by atoms with E-state index in [9.17, 15) is 75.6 Å². The number of aryl methyl sites for hydroxylation is 1. The fraction of sp³-hybridized carbons (Fsp3) is 0.254. The topological polar surface area (TPSA) is 286 Å². The van der Waals surface area contributed by atoms with Crippen molar-refractivity contribution in [1.29, 1.82) is 0 Å². The van der Waals surface area contributed by atoms with Crippen LogP contribution in [0.15, 0.2) is 153 Å². The van der Waals surface area contributed by atoms with Gasteiger partial charge in [0.05, 0.1) is 42.5 Å². The van der Waals surface area contributed by atoms with Crippen molar-refractivity contribution in [1.82, 2.24) is 0 Å². The van der Waals surface area contributed by atoms with Crippen LogP contribution in [0.3, 0.4) is 0 Å². The number of Topliss-reactive ketones (excluding diaryl/α,β-unsaturated/α-hetero) is 4. The maximum Gasteiger partial charge on any atom is 0.402 e. The highest BCUT2D eigenvalue weighted by atomic mass is 32.2. The lowest BCUT2D eigenvalue weighted by atomic mass is 9.65. The summed E-state index contributed by atoms with van der Waals surface area (Å²) in [5.41, 5.74) is -6.51. The van der Waals surface area contributed by atoms with Gasteiger partial charge in [-0.3, -0.25) is 28.8 Å². The van der Waals surface area contributed by atoms with E-state index in [0.29, 0.717) is 18.6 Å². The minimum atomic E-state index is -5.28. The molecule has 6 aromatic rings. The molecule has 5 atom stereocenters. The van der Waals surface area contributed by atoms with Gasteiger partial charge in [0, 0.05) is 48.6 Å². The molecule has 7 rings (SSSR count).